The summed E-state index contributed by atoms with van der Waals surface area (Å²) in [6.45, 7) is 7.47. The largest absolute Gasteiger partial charge is 0.493 e. The maximum absolute atomic E-state index is 12.5. The molecule has 2 aliphatic carbocycles. The fourth-order valence-electron chi connectivity index (χ4n) is 4.90. The van der Waals surface area contributed by atoms with Crippen LogP contribution in [0.1, 0.15) is 51.2 Å². The molecule has 0 radical (unpaired) electrons. The highest BCUT2D eigenvalue weighted by Crippen LogP contribution is 2.52. The van der Waals surface area contributed by atoms with E-state index in [0.717, 1.165) is 18.6 Å². The van der Waals surface area contributed by atoms with E-state index in [2.05, 4.69) is 69.3 Å². The van der Waals surface area contributed by atoms with Crippen LogP contribution < -0.4 is 4.74 Å². The third-order valence-electron chi connectivity index (χ3n) is 7.01. The molecule has 2 bridgehead atoms. The Kier molecular flexibility index (Phi) is 5.73. The Labute approximate surface area is 180 Å². The van der Waals surface area contributed by atoms with Crippen LogP contribution in [-0.4, -0.2) is 19.2 Å². The van der Waals surface area contributed by atoms with Crippen molar-refractivity contribution in [1.82, 2.24) is 0 Å². The number of fused-ring (bicyclic) bond motifs is 2. The fraction of sp³-hybridized carbons (Fsp3) is 0.444. The zero-order chi connectivity index (χ0) is 21.2. The SMILES string of the molecule is CC(C)(c1ccccc1)c1ccc(OCCCOC(=O)C2(C)CC3C=CC2C3)cc1. The molecule has 4 rings (SSSR count). The normalized spacial score (nSPS) is 24.8. The van der Waals surface area contributed by atoms with Gasteiger partial charge in [-0.05, 0) is 54.9 Å². The summed E-state index contributed by atoms with van der Waals surface area (Å²) in [5.74, 6) is 1.71. The van der Waals surface area contributed by atoms with E-state index in [1.807, 2.05) is 18.2 Å². The molecule has 0 heterocycles. The minimum absolute atomic E-state index is 0.0492. The molecule has 0 N–H and O–H groups in total. The molecule has 30 heavy (non-hydrogen) atoms. The highest BCUT2D eigenvalue weighted by Gasteiger charge is 2.50. The number of hydrogen-bond acceptors (Lipinski definition) is 3. The van der Waals surface area contributed by atoms with Crippen LogP contribution in [0.2, 0.25) is 0 Å². The predicted octanol–water partition coefficient (Wildman–Crippen LogP) is 5.93. The Morgan fingerprint density at radius 3 is 2.33 bits per heavy atom. The minimum Gasteiger partial charge on any atom is -0.493 e. The van der Waals surface area contributed by atoms with Crippen molar-refractivity contribution in [3.8, 4) is 5.75 Å². The van der Waals surface area contributed by atoms with Gasteiger partial charge >= 0.3 is 5.97 Å². The number of benzene rings is 2. The molecule has 0 aromatic heterocycles. The van der Waals surface area contributed by atoms with E-state index in [0.29, 0.717) is 31.5 Å². The van der Waals surface area contributed by atoms with Crippen LogP contribution in [0.4, 0.5) is 0 Å². The highest BCUT2D eigenvalue weighted by molar-refractivity contribution is 5.78. The summed E-state index contributed by atoms with van der Waals surface area (Å²) in [5.41, 5.74) is 2.16. The van der Waals surface area contributed by atoms with Crippen LogP contribution in [0.5, 0.6) is 5.75 Å². The van der Waals surface area contributed by atoms with Gasteiger partial charge in [0.1, 0.15) is 5.75 Å². The number of carbonyl (C=O) groups is 1. The molecule has 3 atom stereocenters. The monoisotopic (exact) mass is 404 g/mol. The molecular formula is C27H32O3. The molecule has 2 aromatic rings. The van der Waals surface area contributed by atoms with Gasteiger partial charge in [-0.25, -0.2) is 0 Å². The van der Waals surface area contributed by atoms with Gasteiger partial charge in [0.25, 0.3) is 0 Å². The van der Waals surface area contributed by atoms with Crippen LogP contribution in [0.15, 0.2) is 66.7 Å². The molecule has 0 spiro atoms. The van der Waals surface area contributed by atoms with E-state index in [1.54, 1.807) is 0 Å². The van der Waals surface area contributed by atoms with Crippen LogP contribution >= 0.6 is 0 Å². The van der Waals surface area contributed by atoms with Crippen molar-refractivity contribution in [1.29, 1.82) is 0 Å². The van der Waals surface area contributed by atoms with Crippen molar-refractivity contribution in [3.05, 3.63) is 77.9 Å². The van der Waals surface area contributed by atoms with Gasteiger partial charge in [0.2, 0.25) is 0 Å². The quantitative estimate of drug-likeness (QED) is 0.311. The Morgan fingerprint density at radius 1 is 1.00 bits per heavy atom. The molecule has 1 fully saturated rings. The Hall–Kier alpha value is -2.55. The Balaban J connectivity index is 1.22. The molecule has 0 amide bonds. The van der Waals surface area contributed by atoms with Gasteiger partial charge < -0.3 is 9.47 Å². The third-order valence-corrected chi connectivity index (χ3v) is 7.01. The van der Waals surface area contributed by atoms with Crippen molar-refractivity contribution >= 4 is 5.97 Å². The van der Waals surface area contributed by atoms with E-state index in [-0.39, 0.29) is 16.8 Å². The van der Waals surface area contributed by atoms with Gasteiger partial charge in [0, 0.05) is 11.8 Å². The molecule has 158 valence electrons. The van der Waals surface area contributed by atoms with E-state index in [4.69, 9.17) is 9.47 Å². The zero-order valence-corrected chi connectivity index (χ0v) is 18.3. The smallest absolute Gasteiger partial charge is 0.312 e. The first-order valence-electron chi connectivity index (χ1n) is 11.0. The fourth-order valence-corrected chi connectivity index (χ4v) is 4.90. The lowest BCUT2D eigenvalue weighted by Gasteiger charge is -2.28. The Bertz CT molecular complexity index is 897. The molecule has 3 unspecified atom stereocenters. The van der Waals surface area contributed by atoms with Crippen molar-refractivity contribution in [2.45, 2.75) is 45.4 Å². The molecule has 3 heteroatoms. The van der Waals surface area contributed by atoms with Gasteiger partial charge in [0.15, 0.2) is 0 Å². The van der Waals surface area contributed by atoms with Crippen LogP contribution in [0.3, 0.4) is 0 Å². The summed E-state index contributed by atoms with van der Waals surface area (Å²) in [6.07, 6.45) is 7.17. The molecule has 3 nitrogen and oxygen atoms in total. The Morgan fingerprint density at radius 2 is 1.70 bits per heavy atom. The summed E-state index contributed by atoms with van der Waals surface area (Å²) in [7, 11) is 0. The first kappa shape index (κ1) is 20.7. The first-order chi connectivity index (χ1) is 14.4. The third kappa shape index (κ3) is 4.03. The summed E-state index contributed by atoms with van der Waals surface area (Å²) in [6, 6.07) is 18.8. The first-order valence-corrected chi connectivity index (χ1v) is 11.0. The van der Waals surface area contributed by atoms with Gasteiger partial charge in [-0.3, -0.25) is 4.79 Å². The van der Waals surface area contributed by atoms with E-state index in [9.17, 15) is 4.79 Å². The maximum atomic E-state index is 12.5. The second-order valence-corrected chi connectivity index (χ2v) is 9.46. The summed E-state index contributed by atoms with van der Waals surface area (Å²) in [5, 5.41) is 0. The second kappa shape index (κ2) is 8.29. The number of carbonyl (C=O) groups excluding carboxylic acids is 1. The van der Waals surface area contributed by atoms with Crippen molar-refractivity contribution < 1.29 is 14.3 Å². The molecule has 2 aromatic carbocycles. The topological polar surface area (TPSA) is 35.5 Å². The van der Waals surface area contributed by atoms with Crippen LogP contribution in [0.25, 0.3) is 0 Å². The predicted molar refractivity (Wildman–Crippen MR) is 120 cm³/mol. The van der Waals surface area contributed by atoms with Crippen molar-refractivity contribution in [2.75, 3.05) is 13.2 Å². The van der Waals surface area contributed by atoms with E-state index in [1.165, 1.54) is 11.1 Å². The van der Waals surface area contributed by atoms with Crippen LogP contribution in [0, 0.1) is 17.3 Å². The number of esters is 1. The lowest BCUT2D eigenvalue weighted by atomic mass is 9.78. The lowest BCUT2D eigenvalue weighted by Crippen LogP contribution is -2.34. The van der Waals surface area contributed by atoms with Crippen molar-refractivity contribution in [3.63, 3.8) is 0 Å². The average molecular weight is 405 g/mol. The molecule has 0 saturated heterocycles. The number of allylic oxidation sites excluding steroid dienone is 2. The van der Waals surface area contributed by atoms with Crippen molar-refractivity contribution in [2.24, 2.45) is 17.3 Å². The standard InChI is InChI=1S/C27H32O3/c1-26(2,21-8-5-4-6-9-21)22-12-14-24(15-13-22)29-16-7-17-30-25(28)27(3)19-20-10-11-23(27)18-20/h4-6,8-15,20,23H,7,16-19H2,1-3H3. The van der Waals surface area contributed by atoms with Gasteiger partial charge in [-0.15, -0.1) is 0 Å². The molecule has 1 saturated carbocycles. The van der Waals surface area contributed by atoms with Crippen LogP contribution in [-0.2, 0) is 14.9 Å². The summed E-state index contributed by atoms with van der Waals surface area (Å²) >= 11 is 0. The lowest BCUT2D eigenvalue weighted by molar-refractivity contribution is -0.156. The average Bonchev–Trinajstić information content (AvgIpc) is 3.35. The van der Waals surface area contributed by atoms with Gasteiger partial charge in [0.05, 0.1) is 18.6 Å². The number of rotatable bonds is 8. The minimum atomic E-state index is -0.332. The highest BCUT2D eigenvalue weighted by atomic mass is 16.5. The van der Waals surface area contributed by atoms with E-state index < -0.39 is 0 Å². The van der Waals surface area contributed by atoms with E-state index >= 15 is 0 Å². The molecule has 0 aliphatic heterocycles. The maximum Gasteiger partial charge on any atom is 0.312 e. The van der Waals surface area contributed by atoms with Gasteiger partial charge in [-0.2, -0.15) is 0 Å². The summed E-state index contributed by atoms with van der Waals surface area (Å²) in [4.78, 5) is 12.5. The van der Waals surface area contributed by atoms with Gasteiger partial charge in [-0.1, -0.05) is 68.5 Å². The molecule has 2 aliphatic rings. The number of ether oxygens (including phenoxy) is 2. The summed E-state index contributed by atoms with van der Waals surface area (Å²) < 4.78 is 11.4. The second-order valence-electron chi connectivity index (χ2n) is 9.46. The zero-order valence-electron chi connectivity index (χ0n) is 18.3. The molecular weight excluding hydrogens is 372 g/mol. The number of hydrogen-bond donors (Lipinski definition) is 0.